The van der Waals surface area contributed by atoms with Gasteiger partial charge in [-0.15, -0.1) is 0 Å². The average Bonchev–Trinajstić information content (AvgIpc) is 2.33. The van der Waals surface area contributed by atoms with Crippen molar-refractivity contribution in [1.82, 2.24) is 5.32 Å². The Bertz CT molecular complexity index is 195. The van der Waals surface area contributed by atoms with Crippen LogP contribution in [0, 0.1) is 11.8 Å². The Morgan fingerprint density at radius 2 is 1.94 bits per heavy atom. The largest absolute Gasteiger partial charge is 0.466 e. The van der Waals surface area contributed by atoms with Gasteiger partial charge >= 0.3 is 5.97 Å². The molecule has 3 nitrogen and oxygen atoms in total. The Balaban J connectivity index is 3.68. The van der Waals surface area contributed by atoms with Crippen LogP contribution in [0.5, 0.6) is 0 Å². The van der Waals surface area contributed by atoms with Crippen molar-refractivity contribution in [3.05, 3.63) is 0 Å². The number of ether oxygens (including phenoxy) is 1. The van der Waals surface area contributed by atoms with E-state index in [4.69, 9.17) is 4.74 Å². The second-order valence-corrected chi connectivity index (χ2v) is 4.73. The van der Waals surface area contributed by atoms with E-state index in [1.54, 1.807) is 0 Å². The minimum atomic E-state index is -0.0957. The third kappa shape index (κ3) is 8.19. The van der Waals surface area contributed by atoms with E-state index in [0.717, 1.165) is 19.0 Å². The van der Waals surface area contributed by atoms with Gasteiger partial charge in [-0.1, -0.05) is 40.0 Å². The monoisotopic (exact) mass is 243 g/mol. The lowest BCUT2D eigenvalue weighted by Gasteiger charge is -2.17. The van der Waals surface area contributed by atoms with Crippen molar-refractivity contribution in [2.24, 2.45) is 11.8 Å². The molecular formula is C14H29NO2. The van der Waals surface area contributed by atoms with E-state index in [1.165, 1.54) is 25.7 Å². The fourth-order valence-corrected chi connectivity index (χ4v) is 1.82. The lowest BCUT2D eigenvalue weighted by atomic mass is 9.99. The van der Waals surface area contributed by atoms with Crippen LogP contribution in [0.3, 0.4) is 0 Å². The molecule has 0 aliphatic rings. The number of hydrogen-bond donors (Lipinski definition) is 1. The van der Waals surface area contributed by atoms with E-state index in [9.17, 15) is 4.79 Å². The molecule has 0 aromatic heterocycles. The highest BCUT2D eigenvalue weighted by Crippen LogP contribution is 2.11. The fraction of sp³-hybridized carbons (Fsp3) is 0.929. The highest BCUT2D eigenvalue weighted by molar-refractivity contribution is 5.72. The van der Waals surface area contributed by atoms with Gasteiger partial charge in [0, 0.05) is 6.54 Å². The summed E-state index contributed by atoms with van der Waals surface area (Å²) in [6, 6.07) is 0. The van der Waals surface area contributed by atoms with Crippen molar-refractivity contribution in [3.8, 4) is 0 Å². The summed E-state index contributed by atoms with van der Waals surface area (Å²) in [5, 5.41) is 3.38. The molecule has 0 saturated heterocycles. The number of rotatable bonds is 10. The number of esters is 1. The smallest absolute Gasteiger partial charge is 0.309 e. The predicted molar refractivity (Wildman–Crippen MR) is 72.0 cm³/mol. The van der Waals surface area contributed by atoms with Gasteiger partial charge in [-0.3, -0.25) is 4.79 Å². The quantitative estimate of drug-likeness (QED) is 0.599. The van der Waals surface area contributed by atoms with Crippen LogP contribution in [0.2, 0.25) is 0 Å². The van der Waals surface area contributed by atoms with Gasteiger partial charge in [-0.25, -0.2) is 0 Å². The number of unbranched alkanes of at least 4 members (excludes halogenated alkanes) is 1. The molecule has 0 aromatic rings. The van der Waals surface area contributed by atoms with Crippen molar-refractivity contribution >= 4 is 5.97 Å². The molecule has 0 bridgehead atoms. The lowest BCUT2D eigenvalue weighted by Crippen LogP contribution is -2.31. The molecule has 0 radical (unpaired) electrons. The van der Waals surface area contributed by atoms with Crippen LogP contribution in [0.1, 0.15) is 53.4 Å². The van der Waals surface area contributed by atoms with E-state index in [2.05, 4.69) is 19.2 Å². The molecule has 0 aromatic carbocycles. The first-order valence-electron chi connectivity index (χ1n) is 7.02. The van der Waals surface area contributed by atoms with Gasteiger partial charge in [-0.2, -0.15) is 0 Å². The van der Waals surface area contributed by atoms with E-state index >= 15 is 0 Å². The zero-order valence-electron chi connectivity index (χ0n) is 11.9. The van der Waals surface area contributed by atoms with Crippen LogP contribution >= 0.6 is 0 Å². The molecule has 2 unspecified atom stereocenters. The molecule has 0 heterocycles. The Kier molecular flexibility index (Phi) is 10.2. The Labute approximate surface area is 106 Å². The van der Waals surface area contributed by atoms with E-state index < -0.39 is 0 Å². The number of carbonyl (C=O) groups excluding carboxylic acids is 1. The molecule has 2 atom stereocenters. The summed E-state index contributed by atoms with van der Waals surface area (Å²) in [5.41, 5.74) is 0. The van der Waals surface area contributed by atoms with E-state index in [1.807, 2.05) is 13.8 Å². The third-order valence-electron chi connectivity index (χ3n) is 3.12. The molecule has 0 aliphatic heterocycles. The van der Waals surface area contributed by atoms with Crippen molar-refractivity contribution < 1.29 is 9.53 Å². The summed E-state index contributed by atoms with van der Waals surface area (Å²) in [6.07, 6.45) is 5.05. The highest BCUT2D eigenvalue weighted by atomic mass is 16.5. The lowest BCUT2D eigenvalue weighted by molar-refractivity contribution is -0.147. The average molecular weight is 243 g/mol. The van der Waals surface area contributed by atoms with Crippen LogP contribution in [-0.2, 0) is 9.53 Å². The van der Waals surface area contributed by atoms with Crippen molar-refractivity contribution in [1.29, 1.82) is 0 Å². The fourth-order valence-electron chi connectivity index (χ4n) is 1.82. The molecule has 0 fully saturated rings. The summed E-state index contributed by atoms with van der Waals surface area (Å²) < 4.78 is 4.97. The maximum atomic E-state index is 11.4. The van der Waals surface area contributed by atoms with Crippen molar-refractivity contribution in [2.75, 3.05) is 19.7 Å². The Morgan fingerprint density at radius 3 is 2.47 bits per heavy atom. The molecule has 0 spiro atoms. The number of nitrogens with one attached hydrogen (secondary N) is 1. The standard InChI is InChI=1S/C14H29NO2/c1-5-8-9-13(6-2)11-15-10-12(4)14(16)17-7-3/h12-13,15H,5-11H2,1-4H3. The first-order chi connectivity index (χ1) is 8.15. The van der Waals surface area contributed by atoms with Crippen LogP contribution in [0.15, 0.2) is 0 Å². The normalized spacial score (nSPS) is 14.4. The molecular weight excluding hydrogens is 214 g/mol. The van der Waals surface area contributed by atoms with E-state index in [0.29, 0.717) is 6.61 Å². The summed E-state index contributed by atoms with van der Waals surface area (Å²) in [6.45, 7) is 10.4. The summed E-state index contributed by atoms with van der Waals surface area (Å²) in [5.74, 6) is 0.601. The second kappa shape index (κ2) is 10.6. The molecule has 0 saturated carbocycles. The van der Waals surface area contributed by atoms with Gasteiger partial charge in [0.05, 0.1) is 12.5 Å². The number of carbonyl (C=O) groups is 1. The zero-order chi connectivity index (χ0) is 13.1. The maximum absolute atomic E-state index is 11.4. The molecule has 102 valence electrons. The molecule has 0 aliphatic carbocycles. The third-order valence-corrected chi connectivity index (χ3v) is 3.12. The van der Waals surface area contributed by atoms with Gasteiger partial charge in [0.1, 0.15) is 0 Å². The first kappa shape index (κ1) is 16.4. The minimum Gasteiger partial charge on any atom is -0.466 e. The van der Waals surface area contributed by atoms with Crippen LogP contribution in [-0.4, -0.2) is 25.7 Å². The molecule has 0 rings (SSSR count). The Morgan fingerprint density at radius 1 is 1.24 bits per heavy atom. The highest BCUT2D eigenvalue weighted by Gasteiger charge is 2.14. The van der Waals surface area contributed by atoms with E-state index in [-0.39, 0.29) is 11.9 Å². The first-order valence-corrected chi connectivity index (χ1v) is 7.02. The second-order valence-electron chi connectivity index (χ2n) is 4.73. The van der Waals surface area contributed by atoms with Crippen LogP contribution < -0.4 is 5.32 Å². The Hall–Kier alpha value is -0.570. The SMILES string of the molecule is CCCCC(CC)CNCC(C)C(=O)OCC. The minimum absolute atomic E-state index is 0.0429. The molecule has 1 N–H and O–H groups in total. The van der Waals surface area contributed by atoms with Gasteiger partial charge < -0.3 is 10.1 Å². The van der Waals surface area contributed by atoms with Gasteiger partial charge in [0.15, 0.2) is 0 Å². The number of hydrogen-bond acceptors (Lipinski definition) is 3. The van der Waals surface area contributed by atoms with Gasteiger partial charge in [0.25, 0.3) is 0 Å². The topological polar surface area (TPSA) is 38.3 Å². The maximum Gasteiger partial charge on any atom is 0.309 e. The summed E-state index contributed by atoms with van der Waals surface area (Å²) in [7, 11) is 0. The summed E-state index contributed by atoms with van der Waals surface area (Å²) >= 11 is 0. The van der Waals surface area contributed by atoms with Gasteiger partial charge in [0.2, 0.25) is 0 Å². The summed E-state index contributed by atoms with van der Waals surface area (Å²) in [4.78, 5) is 11.4. The molecule has 3 heteroatoms. The molecule has 17 heavy (non-hydrogen) atoms. The zero-order valence-corrected chi connectivity index (χ0v) is 11.9. The molecule has 0 amide bonds. The van der Waals surface area contributed by atoms with Gasteiger partial charge in [-0.05, 0) is 25.8 Å². The van der Waals surface area contributed by atoms with Crippen molar-refractivity contribution in [3.63, 3.8) is 0 Å². The predicted octanol–water partition coefficient (Wildman–Crippen LogP) is 2.99. The van der Waals surface area contributed by atoms with Crippen LogP contribution in [0.4, 0.5) is 0 Å². The van der Waals surface area contributed by atoms with Crippen molar-refractivity contribution in [2.45, 2.75) is 53.4 Å². The van der Waals surface area contributed by atoms with Crippen LogP contribution in [0.25, 0.3) is 0 Å².